The van der Waals surface area contributed by atoms with E-state index in [1.54, 1.807) is 7.11 Å². The van der Waals surface area contributed by atoms with Gasteiger partial charge in [0.2, 0.25) is 5.88 Å². The molecule has 3 rings (SSSR count). The number of aromatic nitrogens is 1. The normalized spacial score (nSPS) is 11.4. The SMILES string of the molecule is COc1nc(/C=C/c2cccc(-c3ccccc3)c2C)ccc1CNC(CO)CO. The fraction of sp³-hybridized carbons (Fsp3) is 0.240. The first-order chi connectivity index (χ1) is 14.7. The minimum atomic E-state index is -0.367. The number of aliphatic hydroxyl groups excluding tert-OH is 2. The second-order valence-corrected chi connectivity index (χ2v) is 7.07. The van der Waals surface area contributed by atoms with E-state index in [0.717, 1.165) is 16.8 Å². The van der Waals surface area contributed by atoms with Crippen molar-refractivity contribution in [3.8, 4) is 17.0 Å². The average molecular weight is 405 g/mol. The maximum atomic E-state index is 9.19. The van der Waals surface area contributed by atoms with Gasteiger partial charge in [-0.15, -0.1) is 0 Å². The Hall–Kier alpha value is -2.99. The number of methoxy groups -OCH3 is 1. The third-order valence-electron chi connectivity index (χ3n) is 5.07. The molecule has 0 aliphatic heterocycles. The quantitative estimate of drug-likeness (QED) is 0.507. The summed E-state index contributed by atoms with van der Waals surface area (Å²) in [4.78, 5) is 4.57. The van der Waals surface area contributed by atoms with Crippen molar-refractivity contribution >= 4 is 12.2 Å². The van der Waals surface area contributed by atoms with Crippen molar-refractivity contribution < 1.29 is 14.9 Å². The topological polar surface area (TPSA) is 74.6 Å². The van der Waals surface area contributed by atoms with Gasteiger partial charge in [-0.05, 0) is 41.3 Å². The fourth-order valence-corrected chi connectivity index (χ4v) is 3.27. The number of rotatable bonds is 9. The van der Waals surface area contributed by atoms with Crippen LogP contribution in [-0.2, 0) is 6.54 Å². The molecule has 156 valence electrons. The first-order valence-corrected chi connectivity index (χ1v) is 9.98. The lowest BCUT2D eigenvalue weighted by Gasteiger charge is -2.14. The summed E-state index contributed by atoms with van der Waals surface area (Å²) >= 11 is 0. The minimum Gasteiger partial charge on any atom is -0.481 e. The summed E-state index contributed by atoms with van der Waals surface area (Å²) in [6.45, 7) is 2.32. The van der Waals surface area contributed by atoms with Crippen LogP contribution in [0.1, 0.15) is 22.4 Å². The molecule has 0 atom stereocenters. The third kappa shape index (κ3) is 5.33. The molecule has 3 aromatic rings. The van der Waals surface area contributed by atoms with E-state index in [1.165, 1.54) is 16.7 Å². The zero-order valence-electron chi connectivity index (χ0n) is 17.4. The van der Waals surface area contributed by atoms with E-state index in [2.05, 4.69) is 53.6 Å². The summed E-state index contributed by atoms with van der Waals surface area (Å²) in [5, 5.41) is 21.5. The highest BCUT2D eigenvalue weighted by Crippen LogP contribution is 2.26. The summed E-state index contributed by atoms with van der Waals surface area (Å²) in [6.07, 6.45) is 4.04. The molecule has 0 amide bonds. The van der Waals surface area contributed by atoms with Gasteiger partial charge in [-0.2, -0.15) is 0 Å². The highest BCUT2D eigenvalue weighted by Gasteiger charge is 2.10. The lowest BCUT2D eigenvalue weighted by Crippen LogP contribution is -2.35. The second-order valence-electron chi connectivity index (χ2n) is 7.07. The van der Waals surface area contributed by atoms with Crippen LogP contribution in [0.3, 0.4) is 0 Å². The van der Waals surface area contributed by atoms with E-state index in [4.69, 9.17) is 4.74 Å². The summed E-state index contributed by atoms with van der Waals surface area (Å²) in [7, 11) is 1.59. The van der Waals surface area contributed by atoms with Crippen LogP contribution >= 0.6 is 0 Å². The molecule has 1 aromatic heterocycles. The van der Waals surface area contributed by atoms with E-state index < -0.39 is 0 Å². The zero-order chi connectivity index (χ0) is 21.3. The average Bonchev–Trinajstić information content (AvgIpc) is 2.80. The van der Waals surface area contributed by atoms with Crippen LogP contribution in [0.4, 0.5) is 0 Å². The van der Waals surface area contributed by atoms with E-state index in [-0.39, 0.29) is 19.3 Å². The molecular formula is C25H28N2O3. The lowest BCUT2D eigenvalue weighted by molar-refractivity contribution is 0.170. The predicted octanol–water partition coefficient (Wildman–Crippen LogP) is 3.68. The van der Waals surface area contributed by atoms with Crippen LogP contribution in [0.15, 0.2) is 60.7 Å². The number of pyridine rings is 1. The van der Waals surface area contributed by atoms with Crippen molar-refractivity contribution in [2.24, 2.45) is 0 Å². The monoisotopic (exact) mass is 404 g/mol. The number of ether oxygens (including phenoxy) is 1. The van der Waals surface area contributed by atoms with Crippen LogP contribution in [0.25, 0.3) is 23.3 Å². The molecule has 2 aromatic carbocycles. The number of nitrogens with one attached hydrogen (secondary N) is 1. The third-order valence-corrected chi connectivity index (χ3v) is 5.07. The zero-order valence-corrected chi connectivity index (χ0v) is 17.4. The summed E-state index contributed by atoms with van der Waals surface area (Å²) < 4.78 is 5.43. The largest absolute Gasteiger partial charge is 0.481 e. The Balaban J connectivity index is 1.79. The lowest BCUT2D eigenvalue weighted by atomic mass is 9.96. The smallest absolute Gasteiger partial charge is 0.218 e. The fourth-order valence-electron chi connectivity index (χ4n) is 3.27. The molecule has 0 aliphatic rings. The van der Waals surface area contributed by atoms with Gasteiger partial charge in [0.1, 0.15) is 0 Å². The van der Waals surface area contributed by atoms with Crippen LogP contribution in [-0.4, -0.2) is 41.6 Å². The van der Waals surface area contributed by atoms with Crippen LogP contribution in [0.5, 0.6) is 5.88 Å². The van der Waals surface area contributed by atoms with Gasteiger partial charge in [-0.3, -0.25) is 0 Å². The Bertz CT molecular complexity index is 983. The minimum absolute atomic E-state index is 0.130. The summed E-state index contributed by atoms with van der Waals surface area (Å²) in [6, 6.07) is 20.2. The molecule has 0 radical (unpaired) electrons. The van der Waals surface area contributed by atoms with Gasteiger partial charge < -0.3 is 20.3 Å². The first kappa shape index (κ1) is 21.7. The number of hydrogen-bond donors (Lipinski definition) is 3. The van der Waals surface area contributed by atoms with Gasteiger partial charge in [0.05, 0.1) is 32.1 Å². The van der Waals surface area contributed by atoms with Crippen LogP contribution < -0.4 is 10.1 Å². The maximum Gasteiger partial charge on any atom is 0.218 e. The molecule has 5 nitrogen and oxygen atoms in total. The maximum absolute atomic E-state index is 9.19. The Labute approximate surface area is 177 Å². The van der Waals surface area contributed by atoms with E-state index in [1.807, 2.05) is 36.4 Å². The molecule has 0 saturated heterocycles. The molecule has 3 N–H and O–H groups in total. The van der Waals surface area contributed by atoms with Crippen molar-refractivity contribution in [3.05, 3.63) is 83.0 Å². The van der Waals surface area contributed by atoms with Gasteiger partial charge in [-0.25, -0.2) is 4.98 Å². The van der Waals surface area contributed by atoms with Crippen molar-refractivity contribution in [1.29, 1.82) is 0 Å². The Kier molecular flexibility index (Phi) is 7.74. The highest BCUT2D eigenvalue weighted by molar-refractivity contribution is 5.76. The van der Waals surface area contributed by atoms with Crippen molar-refractivity contribution in [2.45, 2.75) is 19.5 Å². The van der Waals surface area contributed by atoms with Gasteiger partial charge in [0.15, 0.2) is 0 Å². The number of nitrogens with zero attached hydrogens (tertiary/aromatic N) is 1. The second kappa shape index (κ2) is 10.7. The van der Waals surface area contributed by atoms with Crippen molar-refractivity contribution in [3.63, 3.8) is 0 Å². The van der Waals surface area contributed by atoms with Crippen LogP contribution in [0, 0.1) is 6.92 Å². The molecule has 0 spiro atoms. The van der Waals surface area contributed by atoms with Gasteiger partial charge in [-0.1, -0.05) is 60.7 Å². The summed E-state index contributed by atoms with van der Waals surface area (Å²) in [5.41, 5.74) is 6.42. The first-order valence-electron chi connectivity index (χ1n) is 9.98. The highest BCUT2D eigenvalue weighted by atomic mass is 16.5. The molecule has 0 saturated carbocycles. The molecule has 0 fully saturated rings. The van der Waals surface area contributed by atoms with Crippen molar-refractivity contribution in [1.82, 2.24) is 10.3 Å². The van der Waals surface area contributed by atoms with E-state index in [9.17, 15) is 10.2 Å². The van der Waals surface area contributed by atoms with Gasteiger partial charge >= 0.3 is 0 Å². The van der Waals surface area contributed by atoms with E-state index >= 15 is 0 Å². The molecule has 5 heteroatoms. The summed E-state index contributed by atoms with van der Waals surface area (Å²) in [5.74, 6) is 0.522. The van der Waals surface area contributed by atoms with E-state index in [0.29, 0.717) is 12.4 Å². The molecule has 0 unspecified atom stereocenters. The number of aliphatic hydroxyl groups is 2. The Morgan fingerprint density at radius 1 is 0.967 bits per heavy atom. The molecule has 0 bridgehead atoms. The number of benzene rings is 2. The standard InChI is InChI=1S/C25H28N2O3/c1-18-19(9-6-10-24(18)20-7-4-3-5-8-20)11-13-22-14-12-21(25(27-22)30-2)15-26-23(16-28)17-29/h3-14,23,26,28-29H,15-17H2,1-2H3/b13-11+. The van der Waals surface area contributed by atoms with Gasteiger partial charge in [0.25, 0.3) is 0 Å². The molecule has 1 heterocycles. The Morgan fingerprint density at radius 3 is 2.43 bits per heavy atom. The number of hydrogen-bond acceptors (Lipinski definition) is 5. The molecule has 30 heavy (non-hydrogen) atoms. The van der Waals surface area contributed by atoms with Crippen LogP contribution in [0.2, 0.25) is 0 Å². The Morgan fingerprint density at radius 2 is 1.73 bits per heavy atom. The predicted molar refractivity (Wildman–Crippen MR) is 121 cm³/mol. The van der Waals surface area contributed by atoms with Gasteiger partial charge in [0, 0.05) is 12.1 Å². The molecule has 0 aliphatic carbocycles. The molecular weight excluding hydrogens is 376 g/mol. The van der Waals surface area contributed by atoms with Crippen molar-refractivity contribution in [2.75, 3.05) is 20.3 Å².